The second-order valence-electron chi connectivity index (χ2n) is 6.09. The average molecular weight is 364 g/mol. The van der Waals surface area contributed by atoms with E-state index in [0.29, 0.717) is 19.6 Å². The maximum atomic E-state index is 13.1. The van der Waals surface area contributed by atoms with Gasteiger partial charge in [0.1, 0.15) is 11.6 Å². The summed E-state index contributed by atoms with van der Waals surface area (Å²) in [7, 11) is -0.0479. The van der Waals surface area contributed by atoms with E-state index in [4.69, 9.17) is 4.74 Å². The van der Waals surface area contributed by atoms with Crippen LogP contribution < -0.4 is 4.74 Å². The molecule has 1 fully saturated rings. The Balaban J connectivity index is 1.85. The molecule has 0 N–H and O–H groups in total. The number of piperazine rings is 1. The quantitative estimate of drug-likeness (QED) is 0.837. The first kappa shape index (κ1) is 17.8. The first-order valence-corrected chi connectivity index (χ1v) is 9.46. The second-order valence-corrected chi connectivity index (χ2v) is 8.02. The summed E-state index contributed by atoms with van der Waals surface area (Å²) in [5.74, 6) is 0.312. The Morgan fingerprint density at radius 1 is 1.04 bits per heavy atom. The maximum Gasteiger partial charge on any atom is 0.243 e. The molecule has 2 aromatic carbocycles. The number of nitrogens with zero attached hydrogens (tertiary/aromatic N) is 2. The topological polar surface area (TPSA) is 49.9 Å². The third-order valence-corrected chi connectivity index (χ3v) is 6.44. The number of hydrogen-bond donors (Lipinski definition) is 0. The molecule has 5 nitrogen and oxygen atoms in total. The van der Waals surface area contributed by atoms with Crippen LogP contribution >= 0.6 is 0 Å². The molecule has 1 saturated heterocycles. The molecule has 0 unspecified atom stereocenters. The van der Waals surface area contributed by atoms with Crippen molar-refractivity contribution in [2.75, 3.05) is 33.8 Å². The fourth-order valence-corrected chi connectivity index (χ4v) is 4.45. The lowest BCUT2D eigenvalue weighted by atomic mass is 10.0. The SMILES string of the molecule is COc1ccc([C@@H]2CN(S(=O)(=O)c3ccc(F)cc3)CCN2C)cc1. The van der Waals surface area contributed by atoms with E-state index in [1.54, 1.807) is 7.11 Å². The molecule has 0 radical (unpaired) electrons. The van der Waals surface area contributed by atoms with Gasteiger partial charge in [-0.15, -0.1) is 0 Å². The van der Waals surface area contributed by atoms with Crippen molar-refractivity contribution in [2.24, 2.45) is 0 Å². The van der Waals surface area contributed by atoms with Crippen LogP contribution in [0.15, 0.2) is 53.4 Å². The van der Waals surface area contributed by atoms with Crippen molar-refractivity contribution in [2.45, 2.75) is 10.9 Å². The van der Waals surface area contributed by atoms with E-state index >= 15 is 0 Å². The molecule has 1 aliphatic heterocycles. The van der Waals surface area contributed by atoms with Crippen LogP contribution in [0.3, 0.4) is 0 Å². The lowest BCUT2D eigenvalue weighted by Gasteiger charge is -2.39. The van der Waals surface area contributed by atoms with Gasteiger partial charge in [0.2, 0.25) is 10.0 Å². The van der Waals surface area contributed by atoms with Gasteiger partial charge in [0.05, 0.1) is 12.0 Å². The van der Waals surface area contributed by atoms with Gasteiger partial charge in [0.25, 0.3) is 0 Å². The zero-order chi connectivity index (χ0) is 18.0. The summed E-state index contributed by atoms with van der Waals surface area (Å²) < 4.78 is 45.4. The van der Waals surface area contributed by atoms with Gasteiger partial charge in [-0.3, -0.25) is 4.90 Å². The van der Waals surface area contributed by atoms with Gasteiger partial charge >= 0.3 is 0 Å². The molecule has 7 heteroatoms. The number of hydrogen-bond acceptors (Lipinski definition) is 4. The van der Waals surface area contributed by atoms with Gasteiger partial charge in [-0.2, -0.15) is 4.31 Å². The van der Waals surface area contributed by atoms with E-state index in [0.717, 1.165) is 11.3 Å². The van der Waals surface area contributed by atoms with Crippen LogP contribution in [0.25, 0.3) is 0 Å². The normalized spacial score (nSPS) is 19.7. The zero-order valence-corrected chi connectivity index (χ0v) is 15.0. The highest BCUT2D eigenvalue weighted by Gasteiger charge is 2.33. The molecule has 0 aromatic heterocycles. The van der Waals surface area contributed by atoms with Gasteiger partial charge in [-0.1, -0.05) is 12.1 Å². The molecule has 0 aliphatic carbocycles. The van der Waals surface area contributed by atoms with Crippen molar-refractivity contribution in [3.63, 3.8) is 0 Å². The number of methoxy groups -OCH3 is 1. The van der Waals surface area contributed by atoms with Gasteiger partial charge in [0.15, 0.2) is 0 Å². The predicted octanol–water partition coefficient (Wildman–Crippen LogP) is 2.51. The molecule has 0 bridgehead atoms. The summed E-state index contributed by atoms with van der Waals surface area (Å²) in [5.41, 5.74) is 1.03. The Labute approximate surface area is 147 Å². The molecule has 0 amide bonds. The van der Waals surface area contributed by atoms with Crippen molar-refractivity contribution >= 4 is 10.0 Å². The van der Waals surface area contributed by atoms with E-state index in [1.807, 2.05) is 31.3 Å². The minimum atomic E-state index is -3.64. The minimum absolute atomic E-state index is 0.0464. The Bertz CT molecular complexity index is 822. The average Bonchev–Trinajstić information content (AvgIpc) is 2.62. The van der Waals surface area contributed by atoms with E-state index in [1.165, 1.54) is 28.6 Å². The fraction of sp³-hybridized carbons (Fsp3) is 0.333. The van der Waals surface area contributed by atoms with Gasteiger partial charge in [-0.05, 0) is 49.0 Å². The number of rotatable bonds is 4. The molecule has 0 spiro atoms. The van der Waals surface area contributed by atoms with Crippen molar-refractivity contribution in [1.29, 1.82) is 0 Å². The number of halogens is 1. The summed E-state index contributed by atoms with van der Waals surface area (Å²) >= 11 is 0. The number of sulfonamides is 1. The van der Waals surface area contributed by atoms with E-state index in [9.17, 15) is 12.8 Å². The number of likely N-dealkylation sites (N-methyl/N-ethyl adjacent to an activating group) is 1. The third kappa shape index (κ3) is 3.68. The lowest BCUT2D eigenvalue weighted by Crippen LogP contribution is -2.48. The molecule has 25 heavy (non-hydrogen) atoms. The first-order valence-electron chi connectivity index (χ1n) is 8.02. The maximum absolute atomic E-state index is 13.1. The minimum Gasteiger partial charge on any atom is -0.497 e. The van der Waals surface area contributed by atoms with Crippen molar-refractivity contribution in [3.05, 3.63) is 59.9 Å². The van der Waals surface area contributed by atoms with Crippen LogP contribution in [0.5, 0.6) is 5.75 Å². The predicted molar refractivity (Wildman–Crippen MR) is 93.5 cm³/mol. The van der Waals surface area contributed by atoms with Crippen LogP contribution in [0.2, 0.25) is 0 Å². The molecule has 134 valence electrons. The second kappa shape index (κ2) is 7.11. The summed E-state index contributed by atoms with van der Waals surface area (Å²) in [4.78, 5) is 2.25. The molecular weight excluding hydrogens is 343 g/mol. The molecule has 3 rings (SSSR count). The highest BCUT2D eigenvalue weighted by Crippen LogP contribution is 2.29. The lowest BCUT2D eigenvalue weighted by molar-refractivity contribution is 0.148. The summed E-state index contributed by atoms with van der Waals surface area (Å²) in [6, 6.07) is 12.6. The Morgan fingerprint density at radius 3 is 2.28 bits per heavy atom. The van der Waals surface area contributed by atoms with E-state index < -0.39 is 15.8 Å². The van der Waals surface area contributed by atoms with Crippen molar-refractivity contribution in [3.8, 4) is 5.75 Å². The van der Waals surface area contributed by atoms with Crippen LogP contribution in [0.4, 0.5) is 4.39 Å². The molecule has 2 aromatic rings. The molecule has 1 aliphatic rings. The monoisotopic (exact) mass is 364 g/mol. The van der Waals surface area contributed by atoms with Crippen LogP contribution in [-0.4, -0.2) is 51.4 Å². The van der Waals surface area contributed by atoms with Crippen LogP contribution in [0, 0.1) is 5.82 Å². The Hall–Kier alpha value is -1.96. The summed E-state index contributed by atoms with van der Waals surface area (Å²) in [6.45, 7) is 1.38. The van der Waals surface area contributed by atoms with E-state index in [-0.39, 0.29) is 10.9 Å². The Kier molecular flexibility index (Phi) is 5.08. The van der Waals surface area contributed by atoms with Crippen molar-refractivity contribution < 1.29 is 17.5 Å². The molecule has 0 saturated carbocycles. The smallest absolute Gasteiger partial charge is 0.243 e. The largest absolute Gasteiger partial charge is 0.497 e. The van der Waals surface area contributed by atoms with Crippen molar-refractivity contribution in [1.82, 2.24) is 9.21 Å². The third-order valence-electron chi connectivity index (χ3n) is 4.56. The van der Waals surface area contributed by atoms with E-state index in [2.05, 4.69) is 4.90 Å². The molecule has 1 heterocycles. The number of benzene rings is 2. The number of ether oxygens (including phenoxy) is 1. The highest BCUT2D eigenvalue weighted by atomic mass is 32.2. The fourth-order valence-electron chi connectivity index (χ4n) is 3.01. The van der Waals surface area contributed by atoms with Gasteiger partial charge < -0.3 is 4.74 Å². The molecular formula is C18H21FN2O3S. The standard InChI is InChI=1S/C18H21FN2O3S/c1-20-11-12-21(25(22,23)17-9-5-15(19)6-10-17)13-18(20)14-3-7-16(24-2)8-4-14/h3-10,18H,11-13H2,1-2H3/t18-/m0/s1. The Morgan fingerprint density at radius 2 is 1.68 bits per heavy atom. The summed E-state index contributed by atoms with van der Waals surface area (Å²) in [5, 5.41) is 0. The van der Waals surface area contributed by atoms with Gasteiger partial charge in [0, 0.05) is 25.7 Å². The van der Waals surface area contributed by atoms with Gasteiger partial charge in [-0.25, -0.2) is 12.8 Å². The molecule has 1 atom stereocenters. The highest BCUT2D eigenvalue weighted by molar-refractivity contribution is 7.89. The first-order chi connectivity index (χ1) is 11.9. The zero-order valence-electron chi connectivity index (χ0n) is 14.2. The van der Waals surface area contributed by atoms with Crippen LogP contribution in [0.1, 0.15) is 11.6 Å². The summed E-state index contributed by atoms with van der Waals surface area (Å²) in [6.07, 6.45) is 0. The van der Waals surface area contributed by atoms with Crippen LogP contribution in [-0.2, 0) is 10.0 Å².